The molecule has 112 valence electrons. The van der Waals surface area contributed by atoms with E-state index in [4.69, 9.17) is 11.6 Å². The Labute approximate surface area is 138 Å². The smallest absolute Gasteiger partial charge is 0.112 e. The van der Waals surface area contributed by atoms with Crippen molar-refractivity contribution in [3.05, 3.63) is 29.0 Å². The Morgan fingerprint density at radius 3 is 2.81 bits per heavy atom. The largest absolute Gasteiger partial charge is 0.383 e. The molecule has 2 aromatic rings. The van der Waals surface area contributed by atoms with Crippen LogP contribution in [0.15, 0.2) is 29.0 Å². The lowest BCUT2D eigenvalue weighted by molar-refractivity contribution is 0.238. The third-order valence-electron chi connectivity index (χ3n) is 4.40. The minimum absolute atomic E-state index is 0.227. The summed E-state index contributed by atoms with van der Waals surface area (Å²) in [5.41, 5.74) is 3.09. The van der Waals surface area contributed by atoms with Gasteiger partial charge in [-0.05, 0) is 40.9 Å². The molecule has 5 heteroatoms. The van der Waals surface area contributed by atoms with Crippen LogP contribution in [0.4, 0.5) is 5.69 Å². The van der Waals surface area contributed by atoms with Crippen molar-refractivity contribution in [3.8, 4) is 0 Å². The molecule has 1 N–H and O–H groups in total. The van der Waals surface area contributed by atoms with Gasteiger partial charge in [0.05, 0.1) is 11.2 Å². The molecule has 21 heavy (non-hydrogen) atoms. The van der Waals surface area contributed by atoms with E-state index in [9.17, 15) is 0 Å². The Balaban J connectivity index is 1.81. The van der Waals surface area contributed by atoms with E-state index in [0.717, 1.165) is 33.6 Å². The summed E-state index contributed by atoms with van der Waals surface area (Å²) in [5, 5.41) is 3.57. The Morgan fingerprint density at radius 2 is 2.05 bits per heavy atom. The summed E-state index contributed by atoms with van der Waals surface area (Å²) in [6, 6.07) is 3.99. The molecule has 0 bridgehead atoms. The molecule has 0 aliphatic heterocycles. The molecule has 2 heterocycles. The zero-order valence-corrected chi connectivity index (χ0v) is 14.3. The second-order valence-electron chi connectivity index (χ2n) is 5.93. The van der Waals surface area contributed by atoms with E-state index < -0.39 is 0 Å². The summed E-state index contributed by atoms with van der Waals surface area (Å²) in [7, 11) is 0. The maximum absolute atomic E-state index is 6.27. The predicted molar refractivity (Wildman–Crippen MR) is 92.0 cm³/mol. The molecule has 1 aliphatic carbocycles. The predicted octanol–water partition coefficient (Wildman–Crippen LogP) is 4.99. The van der Waals surface area contributed by atoms with Gasteiger partial charge < -0.3 is 5.32 Å². The van der Waals surface area contributed by atoms with Crippen LogP contribution in [0, 0.1) is 5.41 Å². The first kappa shape index (κ1) is 15.0. The number of aromatic nitrogens is 2. The van der Waals surface area contributed by atoms with Crippen molar-refractivity contribution in [1.29, 1.82) is 0 Å². The Morgan fingerprint density at radius 1 is 1.24 bits per heavy atom. The Kier molecular flexibility index (Phi) is 4.65. The highest BCUT2D eigenvalue weighted by Crippen LogP contribution is 2.37. The maximum atomic E-state index is 6.27. The number of pyridine rings is 2. The van der Waals surface area contributed by atoms with Gasteiger partial charge >= 0.3 is 0 Å². The van der Waals surface area contributed by atoms with Crippen LogP contribution in [-0.2, 0) is 0 Å². The number of alkyl halides is 1. The Bertz CT molecular complexity index is 626. The van der Waals surface area contributed by atoms with Gasteiger partial charge in [0.1, 0.15) is 5.52 Å². The fourth-order valence-electron chi connectivity index (χ4n) is 3.09. The number of nitrogens with one attached hydrogen (secondary N) is 1. The molecule has 2 aromatic heterocycles. The summed E-state index contributed by atoms with van der Waals surface area (Å²) in [5.74, 6) is 0.724. The number of hydrogen-bond donors (Lipinski definition) is 1. The lowest BCUT2D eigenvalue weighted by Gasteiger charge is -2.36. The summed E-state index contributed by atoms with van der Waals surface area (Å²) >= 11 is 9.71. The van der Waals surface area contributed by atoms with Gasteiger partial charge in [0, 0.05) is 34.7 Å². The van der Waals surface area contributed by atoms with Crippen molar-refractivity contribution >= 4 is 44.3 Å². The molecular weight excluding hydrogens is 350 g/mol. The third kappa shape index (κ3) is 3.32. The second kappa shape index (κ2) is 6.49. The number of fused-ring (bicyclic) bond motifs is 1. The lowest BCUT2D eigenvalue weighted by Crippen LogP contribution is -2.34. The molecule has 0 spiro atoms. The maximum Gasteiger partial charge on any atom is 0.112 e. The molecule has 0 radical (unpaired) electrons. The molecule has 0 amide bonds. The van der Waals surface area contributed by atoms with Crippen LogP contribution in [0.25, 0.3) is 11.0 Å². The van der Waals surface area contributed by atoms with Crippen LogP contribution in [0.2, 0.25) is 0 Å². The molecule has 1 fully saturated rings. The van der Waals surface area contributed by atoms with Gasteiger partial charge in [0.15, 0.2) is 0 Å². The molecule has 0 atom stereocenters. The van der Waals surface area contributed by atoms with E-state index >= 15 is 0 Å². The lowest BCUT2D eigenvalue weighted by atomic mass is 9.75. The van der Waals surface area contributed by atoms with E-state index in [1.54, 1.807) is 0 Å². The second-order valence-corrected chi connectivity index (χ2v) is 7.11. The number of halogens is 2. The topological polar surface area (TPSA) is 37.8 Å². The number of rotatable bonds is 4. The van der Waals surface area contributed by atoms with Crippen LogP contribution >= 0.6 is 27.5 Å². The number of hydrogen-bond acceptors (Lipinski definition) is 3. The SMILES string of the molecule is ClCC1(CNc2ccnc3cc(Br)cnc23)CCCCC1. The number of nitrogens with zero attached hydrogens (tertiary/aromatic N) is 2. The zero-order chi connectivity index (χ0) is 14.7. The first-order valence-electron chi connectivity index (χ1n) is 7.43. The van der Waals surface area contributed by atoms with Gasteiger partial charge in [-0.2, -0.15) is 0 Å². The Hall–Kier alpha value is -0.870. The van der Waals surface area contributed by atoms with Gasteiger partial charge in [0.25, 0.3) is 0 Å². The first-order valence-corrected chi connectivity index (χ1v) is 8.75. The average molecular weight is 369 g/mol. The summed E-state index contributed by atoms with van der Waals surface area (Å²) < 4.78 is 0.948. The molecule has 0 aromatic carbocycles. The van der Waals surface area contributed by atoms with E-state index in [-0.39, 0.29) is 5.41 Å². The molecule has 3 nitrogen and oxygen atoms in total. The van der Waals surface area contributed by atoms with Gasteiger partial charge in [-0.15, -0.1) is 11.6 Å². The van der Waals surface area contributed by atoms with Gasteiger partial charge in [-0.1, -0.05) is 19.3 Å². The quantitative estimate of drug-likeness (QED) is 0.772. The van der Waals surface area contributed by atoms with Gasteiger partial charge in [-0.3, -0.25) is 9.97 Å². The van der Waals surface area contributed by atoms with Crippen molar-refractivity contribution in [2.75, 3.05) is 17.7 Å². The van der Waals surface area contributed by atoms with Crippen molar-refractivity contribution in [1.82, 2.24) is 9.97 Å². The van der Waals surface area contributed by atoms with Crippen molar-refractivity contribution in [3.63, 3.8) is 0 Å². The standard InChI is InChI=1S/C16H19BrClN3/c17-12-8-14-15(20-9-12)13(4-7-19-14)21-11-16(10-18)5-2-1-3-6-16/h4,7-9H,1-3,5-6,10-11H2,(H,19,21). The minimum Gasteiger partial charge on any atom is -0.383 e. The highest BCUT2D eigenvalue weighted by Gasteiger charge is 2.31. The van der Waals surface area contributed by atoms with E-state index in [2.05, 4.69) is 31.2 Å². The molecule has 1 aliphatic rings. The third-order valence-corrected chi connectivity index (χ3v) is 5.40. The van der Waals surface area contributed by atoms with Crippen molar-refractivity contribution in [2.45, 2.75) is 32.1 Å². The molecular formula is C16H19BrClN3. The van der Waals surface area contributed by atoms with Crippen molar-refractivity contribution < 1.29 is 0 Å². The molecule has 3 rings (SSSR count). The van der Waals surface area contributed by atoms with E-state index in [0.29, 0.717) is 0 Å². The van der Waals surface area contributed by atoms with Crippen LogP contribution < -0.4 is 5.32 Å². The molecule has 1 saturated carbocycles. The summed E-state index contributed by atoms with van der Waals surface area (Å²) in [6.45, 7) is 0.910. The molecule has 0 unspecified atom stereocenters. The fourth-order valence-corrected chi connectivity index (χ4v) is 3.77. The molecule has 0 saturated heterocycles. The minimum atomic E-state index is 0.227. The van der Waals surface area contributed by atoms with Gasteiger partial charge in [-0.25, -0.2) is 0 Å². The highest BCUT2D eigenvalue weighted by molar-refractivity contribution is 9.10. The van der Waals surface area contributed by atoms with Gasteiger partial charge in [0.2, 0.25) is 0 Å². The summed E-state index contributed by atoms with van der Waals surface area (Å²) in [4.78, 5) is 8.86. The first-order chi connectivity index (χ1) is 10.2. The van der Waals surface area contributed by atoms with E-state index in [1.807, 2.05) is 24.5 Å². The monoisotopic (exact) mass is 367 g/mol. The van der Waals surface area contributed by atoms with Crippen LogP contribution in [-0.4, -0.2) is 22.4 Å². The normalized spacial score (nSPS) is 17.8. The van der Waals surface area contributed by atoms with Crippen LogP contribution in [0.5, 0.6) is 0 Å². The fraction of sp³-hybridized carbons (Fsp3) is 0.500. The summed E-state index contributed by atoms with van der Waals surface area (Å²) in [6.07, 6.45) is 9.98. The average Bonchev–Trinajstić information content (AvgIpc) is 2.53. The zero-order valence-electron chi connectivity index (χ0n) is 11.9. The van der Waals surface area contributed by atoms with Crippen LogP contribution in [0.1, 0.15) is 32.1 Å². The van der Waals surface area contributed by atoms with E-state index in [1.165, 1.54) is 32.1 Å². The van der Waals surface area contributed by atoms with Crippen molar-refractivity contribution in [2.24, 2.45) is 5.41 Å². The van der Waals surface area contributed by atoms with Crippen LogP contribution in [0.3, 0.4) is 0 Å². The number of anilines is 1. The highest BCUT2D eigenvalue weighted by atomic mass is 79.9.